The van der Waals surface area contributed by atoms with Crippen molar-refractivity contribution in [2.75, 3.05) is 13.1 Å². The number of amides is 3. The summed E-state index contributed by atoms with van der Waals surface area (Å²) in [6.07, 6.45) is 3.27. The van der Waals surface area contributed by atoms with E-state index in [0.29, 0.717) is 31.0 Å². The molecule has 2 bridgehead atoms. The fourth-order valence-corrected chi connectivity index (χ4v) is 7.18. The first kappa shape index (κ1) is 25.6. The number of benzene rings is 1. The van der Waals surface area contributed by atoms with Crippen molar-refractivity contribution in [3.05, 3.63) is 40.7 Å². The minimum absolute atomic E-state index is 0.00883. The number of piperidine rings is 1. The molecule has 2 aliphatic carbocycles. The average molecular weight is 531 g/mol. The summed E-state index contributed by atoms with van der Waals surface area (Å²) in [6, 6.07) is 6.36. The van der Waals surface area contributed by atoms with E-state index in [9.17, 15) is 19.6 Å². The first-order chi connectivity index (χ1) is 18.6. The molecule has 6 rings (SSSR count). The molecule has 1 N–H and O–H groups in total. The molecule has 10 heteroatoms. The van der Waals surface area contributed by atoms with Gasteiger partial charge in [-0.3, -0.25) is 14.5 Å². The maximum absolute atomic E-state index is 13.8. The molecule has 204 valence electrons. The lowest BCUT2D eigenvalue weighted by atomic mass is 10.0. The summed E-state index contributed by atoms with van der Waals surface area (Å²) in [5, 5.41) is 12.4. The number of nitrogens with one attached hydrogen (secondary N) is 1. The fourth-order valence-electron chi connectivity index (χ4n) is 7.18. The molecule has 3 saturated heterocycles. The van der Waals surface area contributed by atoms with E-state index in [1.54, 1.807) is 25.7 Å². The summed E-state index contributed by atoms with van der Waals surface area (Å²) >= 11 is 0. The number of nitrogens with zero attached hydrogens (tertiary/aromatic N) is 5. The standard InChI is InChI=1S/C29H34N6O4/c1-29(2,3)39-28(38)32-22(26(36)34-19(13-30)10-17-11-24(17)34)15-33-14-20-12-25(33)27(37)35(20)23-8-5-16-9-18(31-4)6-7-21(16)23/h6-7,9,17,19-20,22-25H,5,8,10-12,14-15H2,1-3H3,(H,32,38)/t17-,19+,20+,22+,23+,24+,25+/m1/s1. The Morgan fingerprint density at radius 3 is 2.74 bits per heavy atom. The number of carbonyl (C=O) groups excluding carboxylic acids is 3. The van der Waals surface area contributed by atoms with Crippen molar-refractivity contribution in [1.82, 2.24) is 20.0 Å². The van der Waals surface area contributed by atoms with Crippen molar-refractivity contribution in [2.45, 2.75) is 94.7 Å². The molecule has 0 aromatic heterocycles. The Balaban J connectivity index is 1.18. The molecule has 39 heavy (non-hydrogen) atoms. The third-order valence-electron chi connectivity index (χ3n) is 8.87. The second-order valence-corrected chi connectivity index (χ2v) is 12.5. The molecular formula is C29H34N6O4. The van der Waals surface area contributed by atoms with E-state index in [1.807, 2.05) is 28.0 Å². The van der Waals surface area contributed by atoms with Gasteiger partial charge in [-0.2, -0.15) is 5.26 Å². The lowest BCUT2D eigenvalue weighted by Crippen LogP contribution is -2.59. The monoisotopic (exact) mass is 530 g/mol. The Labute approximate surface area is 228 Å². The number of nitriles is 1. The van der Waals surface area contributed by atoms with E-state index in [0.717, 1.165) is 30.4 Å². The predicted molar refractivity (Wildman–Crippen MR) is 140 cm³/mol. The van der Waals surface area contributed by atoms with Crippen LogP contribution in [0.1, 0.15) is 63.6 Å². The van der Waals surface area contributed by atoms with Gasteiger partial charge in [-0.25, -0.2) is 9.64 Å². The Bertz CT molecular complexity index is 1310. The van der Waals surface area contributed by atoms with Crippen molar-refractivity contribution in [3.63, 3.8) is 0 Å². The van der Waals surface area contributed by atoms with Crippen LogP contribution >= 0.6 is 0 Å². The molecule has 7 atom stereocenters. The number of piperazine rings is 1. The summed E-state index contributed by atoms with van der Waals surface area (Å²) in [7, 11) is 0. The van der Waals surface area contributed by atoms with Gasteiger partial charge in [0.15, 0.2) is 5.69 Å². The Morgan fingerprint density at radius 2 is 2.05 bits per heavy atom. The lowest BCUT2D eigenvalue weighted by Gasteiger charge is -2.39. The van der Waals surface area contributed by atoms with Gasteiger partial charge in [0.05, 0.1) is 24.7 Å². The molecular weight excluding hydrogens is 496 g/mol. The zero-order valence-electron chi connectivity index (χ0n) is 22.6. The molecule has 1 saturated carbocycles. The van der Waals surface area contributed by atoms with Crippen LogP contribution in [0.2, 0.25) is 0 Å². The van der Waals surface area contributed by atoms with Crippen molar-refractivity contribution < 1.29 is 19.1 Å². The molecule has 3 aliphatic heterocycles. The largest absolute Gasteiger partial charge is 0.444 e. The van der Waals surface area contributed by atoms with Crippen LogP contribution in [0, 0.1) is 23.8 Å². The second-order valence-electron chi connectivity index (χ2n) is 12.5. The Hall–Kier alpha value is -3.63. The molecule has 3 heterocycles. The summed E-state index contributed by atoms with van der Waals surface area (Å²) in [5.41, 5.74) is 2.17. The van der Waals surface area contributed by atoms with Crippen molar-refractivity contribution in [3.8, 4) is 6.07 Å². The molecule has 4 fully saturated rings. The van der Waals surface area contributed by atoms with Gasteiger partial charge in [-0.15, -0.1) is 0 Å². The van der Waals surface area contributed by atoms with E-state index in [-0.39, 0.29) is 42.5 Å². The number of carbonyl (C=O) groups is 3. The second kappa shape index (κ2) is 9.24. The van der Waals surface area contributed by atoms with Gasteiger partial charge in [0, 0.05) is 25.2 Å². The highest BCUT2D eigenvalue weighted by Crippen LogP contribution is 2.48. The summed E-state index contributed by atoms with van der Waals surface area (Å²) < 4.78 is 5.46. The van der Waals surface area contributed by atoms with E-state index in [2.05, 4.69) is 16.2 Å². The quantitative estimate of drug-likeness (QED) is 0.587. The van der Waals surface area contributed by atoms with Gasteiger partial charge in [-0.1, -0.05) is 23.8 Å². The van der Waals surface area contributed by atoms with Gasteiger partial charge in [-0.05, 0) is 64.4 Å². The van der Waals surface area contributed by atoms with Crippen molar-refractivity contribution in [2.24, 2.45) is 5.92 Å². The predicted octanol–water partition coefficient (Wildman–Crippen LogP) is 2.92. The minimum Gasteiger partial charge on any atom is -0.444 e. The molecule has 10 nitrogen and oxygen atoms in total. The summed E-state index contributed by atoms with van der Waals surface area (Å²) in [6.45, 7) is 13.4. The number of fused-ring (bicyclic) bond motifs is 4. The van der Waals surface area contributed by atoms with Gasteiger partial charge in [0.2, 0.25) is 11.8 Å². The van der Waals surface area contributed by atoms with E-state index in [1.165, 1.54) is 0 Å². The van der Waals surface area contributed by atoms with E-state index in [4.69, 9.17) is 11.3 Å². The first-order valence-corrected chi connectivity index (χ1v) is 13.9. The van der Waals surface area contributed by atoms with Crippen LogP contribution in [0.4, 0.5) is 10.5 Å². The zero-order chi connectivity index (χ0) is 27.6. The number of likely N-dealkylation sites (tertiary alicyclic amines) is 3. The summed E-state index contributed by atoms with van der Waals surface area (Å²) in [4.78, 5) is 49.4. The van der Waals surface area contributed by atoms with Gasteiger partial charge < -0.3 is 19.9 Å². The minimum atomic E-state index is -0.908. The van der Waals surface area contributed by atoms with Crippen LogP contribution in [-0.4, -0.2) is 81.5 Å². The van der Waals surface area contributed by atoms with Gasteiger partial charge in [0.1, 0.15) is 17.7 Å². The number of ether oxygens (including phenoxy) is 1. The number of rotatable bonds is 5. The third-order valence-corrected chi connectivity index (χ3v) is 8.87. The maximum Gasteiger partial charge on any atom is 0.408 e. The highest BCUT2D eigenvalue weighted by molar-refractivity contribution is 5.89. The molecule has 0 radical (unpaired) electrons. The molecule has 0 unspecified atom stereocenters. The normalized spacial score (nSPS) is 31.4. The smallest absolute Gasteiger partial charge is 0.408 e. The lowest BCUT2D eigenvalue weighted by molar-refractivity contribution is -0.141. The summed E-state index contributed by atoms with van der Waals surface area (Å²) in [5.74, 6) is 0.142. The van der Waals surface area contributed by atoms with E-state index >= 15 is 0 Å². The third kappa shape index (κ3) is 4.51. The number of hydrogen-bond acceptors (Lipinski definition) is 6. The van der Waals surface area contributed by atoms with Crippen LogP contribution in [0.3, 0.4) is 0 Å². The molecule has 3 amide bonds. The molecule has 0 spiro atoms. The molecule has 1 aromatic carbocycles. The number of alkyl carbamates (subject to hydrolysis) is 1. The zero-order valence-corrected chi connectivity index (χ0v) is 22.6. The average Bonchev–Trinajstić information content (AvgIpc) is 3.22. The van der Waals surface area contributed by atoms with Crippen LogP contribution in [0.5, 0.6) is 0 Å². The van der Waals surface area contributed by atoms with Crippen LogP contribution in [0.25, 0.3) is 4.85 Å². The SMILES string of the molecule is [C-]#[N+]c1ccc2c(c1)CC[C@@H]2N1C(=O)[C@@H]2C[C@H]1CN2C[C@H](NC(=O)OC(C)(C)C)C(=O)N1[C@H](C#N)C[C@@H]2C[C@@H]21. The highest BCUT2D eigenvalue weighted by Gasteiger charge is 2.57. The first-order valence-electron chi connectivity index (χ1n) is 13.9. The van der Waals surface area contributed by atoms with Gasteiger partial charge in [0.25, 0.3) is 0 Å². The topological polar surface area (TPSA) is 110 Å². The fraction of sp³-hybridized carbons (Fsp3) is 0.621. The molecule has 1 aromatic rings. The molecule has 5 aliphatic rings. The van der Waals surface area contributed by atoms with Crippen molar-refractivity contribution >= 4 is 23.6 Å². The number of aryl methyl sites for hydroxylation is 1. The van der Waals surface area contributed by atoms with Crippen LogP contribution < -0.4 is 5.32 Å². The van der Waals surface area contributed by atoms with Gasteiger partial charge >= 0.3 is 6.09 Å². The van der Waals surface area contributed by atoms with E-state index < -0.39 is 23.8 Å². The Morgan fingerprint density at radius 1 is 1.26 bits per heavy atom. The maximum atomic E-state index is 13.8. The number of hydrogen-bond donors (Lipinski definition) is 1. The highest BCUT2D eigenvalue weighted by atomic mass is 16.6. The van der Waals surface area contributed by atoms with Crippen molar-refractivity contribution in [1.29, 1.82) is 5.26 Å². The Kier molecular flexibility index (Phi) is 6.07. The van der Waals surface area contributed by atoms with Crippen LogP contribution in [0.15, 0.2) is 18.2 Å². The van der Waals surface area contributed by atoms with Crippen LogP contribution in [-0.2, 0) is 20.7 Å².